The molecule has 22 heavy (non-hydrogen) atoms. The number of piperidine rings is 1. The van der Waals surface area contributed by atoms with Crippen molar-refractivity contribution in [1.29, 1.82) is 0 Å². The molecule has 3 rings (SSSR count). The topological polar surface area (TPSA) is 50.4 Å². The van der Waals surface area contributed by atoms with Gasteiger partial charge in [-0.05, 0) is 44.3 Å². The first-order valence-corrected chi connectivity index (χ1v) is 8.49. The Morgan fingerprint density at radius 2 is 1.95 bits per heavy atom. The predicted octanol–water partition coefficient (Wildman–Crippen LogP) is 2.27. The van der Waals surface area contributed by atoms with E-state index < -0.39 is 0 Å². The Kier molecular flexibility index (Phi) is 5.46. The Balaban J connectivity index is 1.56. The monoisotopic (exact) mass is 302 g/mol. The van der Waals surface area contributed by atoms with Crippen molar-refractivity contribution in [2.24, 2.45) is 11.8 Å². The highest BCUT2D eigenvalue weighted by molar-refractivity contribution is 5.78. The smallest absolute Gasteiger partial charge is 0.223 e. The van der Waals surface area contributed by atoms with Crippen molar-refractivity contribution in [1.82, 2.24) is 10.6 Å². The van der Waals surface area contributed by atoms with Crippen molar-refractivity contribution in [3.05, 3.63) is 35.9 Å². The summed E-state index contributed by atoms with van der Waals surface area (Å²) in [6, 6.07) is 10.4. The highest BCUT2D eigenvalue weighted by Gasteiger charge is 2.29. The van der Waals surface area contributed by atoms with Crippen molar-refractivity contribution < 1.29 is 9.53 Å². The number of carbonyl (C=O) groups excluding carboxylic acids is 1. The summed E-state index contributed by atoms with van der Waals surface area (Å²) >= 11 is 0. The molecule has 2 N–H and O–H groups in total. The van der Waals surface area contributed by atoms with Crippen molar-refractivity contribution in [2.75, 3.05) is 26.2 Å². The molecule has 2 saturated heterocycles. The zero-order valence-electron chi connectivity index (χ0n) is 13.1. The number of carbonyl (C=O) groups is 1. The van der Waals surface area contributed by atoms with Crippen molar-refractivity contribution in [3.63, 3.8) is 0 Å². The van der Waals surface area contributed by atoms with Gasteiger partial charge in [0.05, 0.1) is 6.10 Å². The molecule has 0 spiro atoms. The molecule has 1 amide bonds. The number of hydrogen-bond donors (Lipinski definition) is 2. The lowest BCUT2D eigenvalue weighted by atomic mass is 9.89. The van der Waals surface area contributed by atoms with Crippen molar-refractivity contribution in [3.8, 4) is 0 Å². The maximum absolute atomic E-state index is 12.3. The van der Waals surface area contributed by atoms with Gasteiger partial charge in [-0.15, -0.1) is 0 Å². The molecule has 2 atom stereocenters. The van der Waals surface area contributed by atoms with E-state index in [2.05, 4.69) is 34.9 Å². The third-order valence-corrected chi connectivity index (χ3v) is 4.82. The van der Waals surface area contributed by atoms with Gasteiger partial charge in [0, 0.05) is 25.0 Å². The van der Waals surface area contributed by atoms with E-state index >= 15 is 0 Å². The molecule has 4 nitrogen and oxygen atoms in total. The molecule has 0 saturated carbocycles. The van der Waals surface area contributed by atoms with Crippen LogP contribution in [-0.4, -0.2) is 32.1 Å². The molecule has 2 aliphatic heterocycles. The van der Waals surface area contributed by atoms with Crippen LogP contribution in [0.3, 0.4) is 0 Å². The van der Waals surface area contributed by atoms with Gasteiger partial charge in [0.15, 0.2) is 0 Å². The summed E-state index contributed by atoms with van der Waals surface area (Å²) in [6.07, 6.45) is 4.22. The first-order valence-electron chi connectivity index (χ1n) is 8.49. The Morgan fingerprint density at radius 3 is 2.73 bits per heavy atom. The second-order valence-corrected chi connectivity index (χ2v) is 6.37. The number of benzene rings is 1. The van der Waals surface area contributed by atoms with Crippen LogP contribution in [0.5, 0.6) is 0 Å². The summed E-state index contributed by atoms with van der Waals surface area (Å²) in [5.74, 6) is 0.779. The number of amides is 1. The molecule has 2 heterocycles. The number of rotatable bonds is 4. The summed E-state index contributed by atoms with van der Waals surface area (Å²) in [5, 5.41) is 6.48. The third-order valence-electron chi connectivity index (χ3n) is 4.82. The lowest BCUT2D eigenvalue weighted by Crippen LogP contribution is -2.41. The molecule has 1 aromatic rings. The van der Waals surface area contributed by atoms with E-state index in [9.17, 15) is 4.79 Å². The van der Waals surface area contributed by atoms with Gasteiger partial charge in [0.25, 0.3) is 0 Å². The van der Waals surface area contributed by atoms with Gasteiger partial charge in [-0.25, -0.2) is 0 Å². The van der Waals surface area contributed by atoms with Gasteiger partial charge < -0.3 is 15.4 Å². The molecule has 2 fully saturated rings. The molecule has 4 heteroatoms. The van der Waals surface area contributed by atoms with Crippen molar-refractivity contribution in [2.45, 2.75) is 31.8 Å². The average Bonchev–Trinajstić information content (AvgIpc) is 2.61. The third kappa shape index (κ3) is 3.87. The van der Waals surface area contributed by atoms with Gasteiger partial charge in [0.1, 0.15) is 0 Å². The zero-order valence-corrected chi connectivity index (χ0v) is 13.1. The molecule has 0 bridgehead atoms. The molecule has 120 valence electrons. The highest BCUT2D eigenvalue weighted by Crippen LogP contribution is 2.33. The fourth-order valence-corrected chi connectivity index (χ4v) is 3.52. The molecular weight excluding hydrogens is 276 g/mol. The summed E-state index contributed by atoms with van der Waals surface area (Å²) in [6.45, 7) is 3.45. The number of hydrogen-bond acceptors (Lipinski definition) is 3. The fraction of sp³-hybridized carbons (Fsp3) is 0.611. The predicted molar refractivity (Wildman–Crippen MR) is 86.5 cm³/mol. The second-order valence-electron chi connectivity index (χ2n) is 6.37. The minimum Gasteiger partial charge on any atom is -0.373 e. The van der Waals surface area contributed by atoms with Gasteiger partial charge in [0.2, 0.25) is 5.91 Å². The van der Waals surface area contributed by atoms with Crippen LogP contribution in [0.25, 0.3) is 0 Å². The van der Waals surface area contributed by atoms with Crippen LogP contribution in [-0.2, 0) is 9.53 Å². The van der Waals surface area contributed by atoms with Crippen LogP contribution < -0.4 is 10.6 Å². The molecule has 1 aromatic carbocycles. The first-order chi connectivity index (χ1) is 10.8. The van der Waals surface area contributed by atoms with Crippen LogP contribution in [0.4, 0.5) is 0 Å². The molecule has 0 aliphatic carbocycles. The highest BCUT2D eigenvalue weighted by atomic mass is 16.5. The molecule has 0 aromatic heterocycles. The minimum atomic E-state index is 0.114. The van der Waals surface area contributed by atoms with Gasteiger partial charge in [-0.2, -0.15) is 0 Å². The summed E-state index contributed by atoms with van der Waals surface area (Å²) in [4.78, 5) is 12.3. The first kappa shape index (κ1) is 15.5. The van der Waals surface area contributed by atoms with Crippen LogP contribution >= 0.6 is 0 Å². The number of ether oxygens (including phenoxy) is 1. The van der Waals surface area contributed by atoms with Crippen LogP contribution in [0, 0.1) is 11.8 Å². The zero-order chi connectivity index (χ0) is 15.2. The van der Waals surface area contributed by atoms with Gasteiger partial charge in [-0.1, -0.05) is 30.3 Å². The lowest BCUT2D eigenvalue weighted by molar-refractivity contribution is -0.126. The van der Waals surface area contributed by atoms with E-state index in [0.29, 0.717) is 5.92 Å². The van der Waals surface area contributed by atoms with Gasteiger partial charge in [-0.3, -0.25) is 4.79 Å². The van der Waals surface area contributed by atoms with E-state index in [1.807, 2.05) is 6.07 Å². The average molecular weight is 302 g/mol. The quantitative estimate of drug-likeness (QED) is 0.897. The van der Waals surface area contributed by atoms with E-state index in [4.69, 9.17) is 4.74 Å². The maximum Gasteiger partial charge on any atom is 0.223 e. The van der Waals surface area contributed by atoms with Crippen LogP contribution in [0.2, 0.25) is 0 Å². The van der Waals surface area contributed by atoms with Crippen molar-refractivity contribution >= 4 is 5.91 Å². The van der Waals surface area contributed by atoms with Crippen LogP contribution in [0.1, 0.15) is 37.4 Å². The van der Waals surface area contributed by atoms with E-state index in [1.165, 1.54) is 5.56 Å². The van der Waals surface area contributed by atoms with E-state index in [-0.39, 0.29) is 17.9 Å². The Hall–Kier alpha value is -1.39. The van der Waals surface area contributed by atoms with E-state index in [0.717, 1.165) is 51.9 Å². The molecular formula is C18H26N2O2. The second kappa shape index (κ2) is 7.75. The Labute approximate surface area is 132 Å². The molecule has 2 unspecified atom stereocenters. The summed E-state index contributed by atoms with van der Waals surface area (Å²) < 4.78 is 5.99. The molecule has 2 aliphatic rings. The normalized spacial score (nSPS) is 26.5. The SMILES string of the molecule is O=C(NCC1CCCOC1c1ccccc1)C1CCNCC1. The lowest BCUT2D eigenvalue weighted by Gasteiger charge is -2.33. The minimum absolute atomic E-state index is 0.114. The van der Waals surface area contributed by atoms with Crippen LogP contribution in [0.15, 0.2) is 30.3 Å². The maximum atomic E-state index is 12.3. The standard InChI is InChI=1S/C18H26N2O2/c21-18(15-8-10-19-11-9-15)20-13-16-7-4-12-22-17(16)14-5-2-1-3-6-14/h1-3,5-6,15-17,19H,4,7-13H2,(H,20,21). The number of nitrogens with one attached hydrogen (secondary N) is 2. The summed E-state index contributed by atoms with van der Waals surface area (Å²) in [5.41, 5.74) is 1.23. The van der Waals surface area contributed by atoms with Gasteiger partial charge >= 0.3 is 0 Å². The largest absolute Gasteiger partial charge is 0.373 e. The fourth-order valence-electron chi connectivity index (χ4n) is 3.52. The van der Waals surface area contributed by atoms with E-state index in [1.54, 1.807) is 0 Å². The Morgan fingerprint density at radius 1 is 1.18 bits per heavy atom. The molecule has 0 radical (unpaired) electrons. The Bertz CT molecular complexity index is 471. The summed E-state index contributed by atoms with van der Waals surface area (Å²) in [7, 11) is 0.